The van der Waals surface area contributed by atoms with E-state index in [1.54, 1.807) is 7.11 Å². The minimum absolute atomic E-state index is 0.0216. The summed E-state index contributed by atoms with van der Waals surface area (Å²) >= 11 is 0. The lowest BCUT2D eigenvalue weighted by Gasteiger charge is -2.34. The molecular weight excluding hydrogens is 402 g/mol. The number of rotatable bonds is 11. The van der Waals surface area contributed by atoms with Gasteiger partial charge in [-0.2, -0.15) is 0 Å². The molecule has 1 aliphatic rings. The Morgan fingerprint density at radius 2 is 1.88 bits per heavy atom. The van der Waals surface area contributed by atoms with Crippen molar-refractivity contribution in [3.05, 3.63) is 65.7 Å². The molecule has 0 aromatic heterocycles. The highest BCUT2D eigenvalue weighted by molar-refractivity contribution is 5.94. The van der Waals surface area contributed by atoms with Gasteiger partial charge in [0.2, 0.25) is 0 Å². The van der Waals surface area contributed by atoms with E-state index in [-0.39, 0.29) is 18.1 Å². The first-order valence-corrected chi connectivity index (χ1v) is 11.5. The molecule has 2 atom stereocenters. The van der Waals surface area contributed by atoms with Gasteiger partial charge >= 0.3 is 0 Å². The van der Waals surface area contributed by atoms with E-state index in [0.717, 1.165) is 31.7 Å². The van der Waals surface area contributed by atoms with E-state index < -0.39 is 0 Å². The van der Waals surface area contributed by atoms with Crippen molar-refractivity contribution in [1.29, 1.82) is 0 Å². The first-order valence-electron chi connectivity index (χ1n) is 11.5. The first-order chi connectivity index (χ1) is 15.5. The van der Waals surface area contributed by atoms with Crippen LogP contribution in [-0.4, -0.2) is 64.0 Å². The zero-order chi connectivity index (χ0) is 22.9. The molecule has 1 heterocycles. The lowest BCUT2D eigenvalue weighted by Crippen LogP contribution is -2.36. The number of likely N-dealkylation sites (N-methyl/N-ethyl adjacent to an activating group) is 1. The number of nitrogens with zero attached hydrogens (tertiary/aromatic N) is 2. The monoisotopic (exact) mass is 439 g/mol. The third-order valence-electron chi connectivity index (χ3n) is 5.94. The summed E-state index contributed by atoms with van der Waals surface area (Å²) in [5, 5.41) is 2.98. The molecule has 2 aromatic carbocycles. The van der Waals surface area contributed by atoms with Crippen LogP contribution in [0.5, 0.6) is 0 Å². The smallest absolute Gasteiger partial charge is 0.251 e. The fraction of sp³-hybridized carbons (Fsp3) is 0.500. The molecule has 1 N–H and O–H groups in total. The Hall–Kier alpha value is -2.41. The van der Waals surface area contributed by atoms with Gasteiger partial charge in [-0.1, -0.05) is 44.2 Å². The van der Waals surface area contributed by atoms with Crippen LogP contribution in [0, 0.1) is 5.92 Å². The summed E-state index contributed by atoms with van der Waals surface area (Å²) in [6, 6.07) is 18.7. The number of likely N-dealkylation sites (tertiary alicyclic amines) is 1. The van der Waals surface area contributed by atoms with Crippen LogP contribution in [0.4, 0.5) is 5.69 Å². The van der Waals surface area contributed by atoms with Crippen molar-refractivity contribution < 1.29 is 14.3 Å². The number of carbonyl (C=O) groups excluding carboxylic acids is 1. The van der Waals surface area contributed by atoms with Crippen LogP contribution in [0.15, 0.2) is 54.6 Å². The van der Waals surface area contributed by atoms with Gasteiger partial charge in [0.25, 0.3) is 5.91 Å². The number of benzene rings is 2. The topological polar surface area (TPSA) is 54.0 Å². The van der Waals surface area contributed by atoms with E-state index in [1.807, 2.05) is 24.3 Å². The number of hydrogen-bond acceptors (Lipinski definition) is 5. The van der Waals surface area contributed by atoms with Gasteiger partial charge in [0.15, 0.2) is 0 Å². The van der Waals surface area contributed by atoms with Crippen LogP contribution in [0.1, 0.15) is 42.2 Å². The second-order valence-corrected chi connectivity index (χ2v) is 8.93. The molecule has 3 rings (SSSR count). The average molecular weight is 440 g/mol. The second kappa shape index (κ2) is 12.0. The highest BCUT2D eigenvalue weighted by Gasteiger charge is 2.27. The molecule has 0 saturated carbocycles. The standard InChI is InChI=1S/C26H37N3O3/c1-20(2)16-27-26(30)22-10-12-23(13-11-22)28(3)25(21-8-6-5-7-9-21)18-29-15-14-24(17-29)32-19-31-4/h5-13,20,24-25H,14-19H2,1-4H3,(H,27,30). The van der Waals surface area contributed by atoms with Crippen LogP contribution in [-0.2, 0) is 9.47 Å². The molecule has 174 valence electrons. The second-order valence-electron chi connectivity index (χ2n) is 8.93. The largest absolute Gasteiger partial charge is 0.366 e. The fourth-order valence-corrected chi connectivity index (χ4v) is 4.06. The predicted molar refractivity (Wildman–Crippen MR) is 129 cm³/mol. The molecule has 1 amide bonds. The average Bonchev–Trinajstić information content (AvgIpc) is 3.27. The lowest BCUT2D eigenvalue weighted by atomic mass is 10.0. The van der Waals surface area contributed by atoms with Gasteiger partial charge in [0.1, 0.15) is 6.79 Å². The lowest BCUT2D eigenvalue weighted by molar-refractivity contribution is -0.0671. The SMILES string of the molecule is COCOC1CCN(CC(c2ccccc2)N(C)c2ccc(C(=O)NCC(C)C)cc2)C1. The van der Waals surface area contributed by atoms with Gasteiger partial charge < -0.3 is 19.7 Å². The number of methoxy groups -OCH3 is 1. The molecule has 1 saturated heterocycles. The van der Waals surface area contributed by atoms with Crippen molar-refractivity contribution >= 4 is 11.6 Å². The van der Waals surface area contributed by atoms with Crippen LogP contribution >= 0.6 is 0 Å². The molecular formula is C26H37N3O3. The van der Waals surface area contributed by atoms with Crippen LogP contribution in [0.2, 0.25) is 0 Å². The van der Waals surface area contributed by atoms with E-state index in [0.29, 0.717) is 24.8 Å². The van der Waals surface area contributed by atoms with E-state index in [2.05, 4.69) is 66.3 Å². The number of amides is 1. The van der Waals surface area contributed by atoms with Crippen molar-refractivity contribution in [2.24, 2.45) is 5.92 Å². The van der Waals surface area contributed by atoms with E-state index in [4.69, 9.17) is 9.47 Å². The summed E-state index contributed by atoms with van der Waals surface area (Å²) in [7, 11) is 3.78. The van der Waals surface area contributed by atoms with Gasteiger partial charge in [-0.25, -0.2) is 0 Å². The molecule has 6 nitrogen and oxygen atoms in total. The van der Waals surface area contributed by atoms with E-state index in [9.17, 15) is 4.79 Å². The van der Waals surface area contributed by atoms with Crippen LogP contribution in [0.3, 0.4) is 0 Å². The molecule has 0 aliphatic carbocycles. The minimum Gasteiger partial charge on any atom is -0.366 e. The Morgan fingerprint density at radius 1 is 1.16 bits per heavy atom. The number of anilines is 1. The third kappa shape index (κ3) is 6.79. The van der Waals surface area contributed by atoms with E-state index in [1.165, 1.54) is 5.56 Å². The van der Waals surface area contributed by atoms with Gasteiger partial charge in [-0.3, -0.25) is 9.69 Å². The van der Waals surface area contributed by atoms with Gasteiger partial charge in [-0.15, -0.1) is 0 Å². The van der Waals surface area contributed by atoms with Crippen molar-refractivity contribution in [2.45, 2.75) is 32.4 Å². The maximum atomic E-state index is 12.4. The zero-order valence-electron chi connectivity index (χ0n) is 19.8. The summed E-state index contributed by atoms with van der Waals surface area (Å²) in [5.41, 5.74) is 3.05. The zero-order valence-corrected chi connectivity index (χ0v) is 19.8. The minimum atomic E-state index is -0.0216. The van der Waals surface area contributed by atoms with Crippen molar-refractivity contribution in [2.75, 3.05) is 52.0 Å². The molecule has 0 radical (unpaired) electrons. The normalized spacial score (nSPS) is 17.5. The Balaban J connectivity index is 1.70. The predicted octanol–water partition coefficient (Wildman–Crippen LogP) is 3.94. The number of nitrogens with one attached hydrogen (secondary N) is 1. The number of hydrogen-bond donors (Lipinski definition) is 1. The summed E-state index contributed by atoms with van der Waals surface area (Å²) in [6.45, 7) is 8.04. The molecule has 2 aromatic rings. The van der Waals surface area contributed by atoms with Crippen LogP contribution in [0.25, 0.3) is 0 Å². The maximum Gasteiger partial charge on any atom is 0.251 e. The summed E-state index contributed by atoms with van der Waals surface area (Å²) in [4.78, 5) is 17.1. The Kier molecular flexibility index (Phi) is 9.09. The van der Waals surface area contributed by atoms with Gasteiger partial charge in [0, 0.05) is 51.6 Å². The van der Waals surface area contributed by atoms with Crippen molar-refractivity contribution in [3.8, 4) is 0 Å². The van der Waals surface area contributed by atoms with Gasteiger partial charge in [0.05, 0.1) is 12.1 Å². The number of carbonyl (C=O) groups is 1. The fourth-order valence-electron chi connectivity index (χ4n) is 4.06. The first kappa shape index (κ1) is 24.2. The van der Waals surface area contributed by atoms with E-state index >= 15 is 0 Å². The Labute approximate surface area is 192 Å². The molecule has 6 heteroatoms. The molecule has 1 fully saturated rings. The number of ether oxygens (including phenoxy) is 2. The molecule has 2 unspecified atom stereocenters. The van der Waals surface area contributed by atoms with Crippen molar-refractivity contribution in [1.82, 2.24) is 10.2 Å². The Morgan fingerprint density at radius 3 is 2.53 bits per heavy atom. The molecule has 32 heavy (non-hydrogen) atoms. The third-order valence-corrected chi connectivity index (χ3v) is 5.94. The summed E-state index contributed by atoms with van der Waals surface area (Å²) in [5.74, 6) is 0.410. The molecule has 0 spiro atoms. The van der Waals surface area contributed by atoms with Crippen LogP contribution < -0.4 is 10.2 Å². The summed E-state index contributed by atoms with van der Waals surface area (Å²) < 4.78 is 10.8. The van der Waals surface area contributed by atoms with Crippen molar-refractivity contribution in [3.63, 3.8) is 0 Å². The highest BCUT2D eigenvalue weighted by atomic mass is 16.7. The molecule has 1 aliphatic heterocycles. The Bertz CT molecular complexity index is 826. The summed E-state index contributed by atoms with van der Waals surface area (Å²) in [6.07, 6.45) is 1.25. The van der Waals surface area contributed by atoms with Gasteiger partial charge in [-0.05, 0) is 42.2 Å². The maximum absolute atomic E-state index is 12.4. The molecule has 0 bridgehead atoms. The quantitative estimate of drug-likeness (QED) is 0.538. The highest BCUT2D eigenvalue weighted by Crippen LogP contribution is 2.28.